The molecule has 12 N–H and O–H groups in total. The first-order valence-electron chi connectivity index (χ1n) is 10.1. The molecule has 0 aromatic rings. The first kappa shape index (κ1) is 29.9. The molecule has 4 atom stereocenters. The smallest absolute Gasteiger partial charge is 0.326 e. The average Bonchev–Trinajstić information content (AvgIpc) is 2.70. The van der Waals surface area contributed by atoms with Gasteiger partial charge in [-0.3, -0.25) is 24.2 Å². The molecule has 0 heterocycles. The molecule has 0 saturated heterocycles. The summed E-state index contributed by atoms with van der Waals surface area (Å²) in [6.45, 7) is 3.41. The van der Waals surface area contributed by atoms with Gasteiger partial charge >= 0.3 is 5.97 Å². The van der Waals surface area contributed by atoms with Crippen molar-refractivity contribution in [1.82, 2.24) is 16.0 Å². The lowest BCUT2D eigenvalue weighted by Crippen LogP contribution is -2.58. The fourth-order valence-electron chi connectivity index (χ4n) is 2.59. The van der Waals surface area contributed by atoms with Crippen LogP contribution in [-0.4, -0.2) is 77.1 Å². The van der Waals surface area contributed by atoms with Crippen LogP contribution < -0.4 is 38.9 Å². The van der Waals surface area contributed by atoms with Crippen molar-refractivity contribution in [3.8, 4) is 0 Å². The maximum absolute atomic E-state index is 12.7. The third-order valence-electron chi connectivity index (χ3n) is 4.38. The number of primary amides is 1. The topological polar surface area (TPSA) is 258 Å². The summed E-state index contributed by atoms with van der Waals surface area (Å²) in [5.74, 6) is -5.02. The van der Waals surface area contributed by atoms with Crippen molar-refractivity contribution >= 4 is 48.2 Å². The van der Waals surface area contributed by atoms with Gasteiger partial charge in [0.05, 0.1) is 12.5 Å². The van der Waals surface area contributed by atoms with E-state index in [-0.39, 0.29) is 31.1 Å². The number of thiol groups is 1. The number of hydrogen-bond donors (Lipinski definition) is 9. The largest absolute Gasteiger partial charge is 0.480 e. The average molecular weight is 491 g/mol. The Labute approximate surface area is 197 Å². The summed E-state index contributed by atoms with van der Waals surface area (Å²) in [4.78, 5) is 63.7. The molecule has 0 aromatic heterocycles. The van der Waals surface area contributed by atoms with E-state index in [1.54, 1.807) is 13.8 Å². The molecule has 0 saturated carbocycles. The molecule has 0 aliphatic carbocycles. The van der Waals surface area contributed by atoms with Crippen molar-refractivity contribution < 1.29 is 29.1 Å². The highest BCUT2D eigenvalue weighted by Crippen LogP contribution is 2.06. The lowest BCUT2D eigenvalue weighted by Gasteiger charge is -2.25. The van der Waals surface area contributed by atoms with Crippen LogP contribution in [0, 0.1) is 5.92 Å². The van der Waals surface area contributed by atoms with E-state index in [9.17, 15) is 29.1 Å². The summed E-state index contributed by atoms with van der Waals surface area (Å²) in [6.07, 6.45) is -0.0569. The molecule has 33 heavy (non-hydrogen) atoms. The zero-order valence-corrected chi connectivity index (χ0v) is 19.5. The number of rotatable bonds is 15. The van der Waals surface area contributed by atoms with E-state index in [1.807, 2.05) is 0 Å². The van der Waals surface area contributed by atoms with Gasteiger partial charge in [0.1, 0.15) is 18.1 Å². The van der Waals surface area contributed by atoms with Gasteiger partial charge in [0.2, 0.25) is 23.6 Å². The van der Waals surface area contributed by atoms with Crippen molar-refractivity contribution in [2.24, 2.45) is 33.8 Å². The zero-order chi connectivity index (χ0) is 25.7. The Morgan fingerprint density at radius 2 is 1.48 bits per heavy atom. The van der Waals surface area contributed by atoms with Crippen LogP contribution in [0.25, 0.3) is 0 Å². The minimum Gasteiger partial charge on any atom is -0.480 e. The van der Waals surface area contributed by atoms with E-state index < -0.39 is 66.1 Å². The highest BCUT2D eigenvalue weighted by Gasteiger charge is 2.30. The van der Waals surface area contributed by atoms with Crippen LogP contribution >= 0.6 is 12.6 Å². The third kappa shape index (κ3) is 11.9. The molecule has 14 nitrogen and oxygen atoms in total. The number of nitrogens with one attached hydrogen (secondary N) is 3. The Morgan fingerprint density at radius 1 is 0.939 bits per heavy atom. The molecular weight excluding hydrogens is 456 g/mol. The summed E-state index contributed by atoms with van der Waals surface area (Å²) in [5.41, 5.74) is 21.1. The van der Waals surface area contributed by atoms with Crippen LogP contribution in [0.15, 0.2) is 4.99 Å². The summed E-state index contributed by atoms with van der Waals surface area (Å²) in [7, 11) is 0. The lowest BCUT2D eigenvalue weighted by atomic mass is 10.0. The second-order valence-corrected chi connectivity index (χ2v) is 7.96. The van der Waals surface area contributed by atoms with Crippen molar-refractivity contribution in [3.05, 3.63) is 0 Å². The van der Waals surface area contributed by atoms with Crippen LogP contribution in [0.3, 0.4) is 0 Å². The first-order valence-corrected chi connectivity index (χ1v) is 10.8. The minimum absolute atomic E-state index is 0.0766. The molecule has 0 radical (unpaired) electrons. The van der Waals surface area contributed by atoms with E-state index in [1.165, 1.54) is 0 Å². The van der Waals surface area contributed by atoms with E-state index in [0.717, 1.165) is 0 Å². The number of carboxylic acid groups (broad SMARTS) is 1. The van der Waals surface area contributed by atoms with Crippen LogP contribution in [-0.2, 0) is 24.0 Å². The molecule has 0 spiro atoms. The van der Waals surface area contributed by atoms with Gasteiger partial charge in [0.25, 0.3) is 0 Å². The van der Waals surface area contributed by atoms with Gasteiger partial charge < -0.3 is 44.0 Å². The molecule has 4 unspecified atom stereocenters. The first-order chi connectivity index (χ1) is 15.3. The molecule has 0 aliphatic heterocycles. The van der Waals surface area contributed by atoms with E-state index in [0.29, 0.717) is 0 Å². The normalized spacial score (nSPS) is 14.3. The number of aliphatic imine (C=N–C) groups is 1. The predicted molar refractivity (Wildman–Crippen MR) is 124 cm³/mol. The van der Waals surface area contributed by atoms with E-state index >= 15 is 0 Å². The molecule has 4 amide bonds. The molecule has 0 bridgehead atoms. The summed E-state index contributed by atoms with van der Waals surface area (Å²) in [5, 5.41) is 16.5. The number of carbonyl (C=O) groups is 5. The van der Waals surface area contributed by atoms with Gasteiger partial charge in [-0.05, 0) is 18.8 Å². The van der Waals surface area contributed by atoms with Gasteiger partial charge in [-0.1, -0.05) is 13.8 Å². The number of hydrogen-bond acceptors (Lipinski definition) is 8. The monoisotopic (exact) mass is 490 g/mol. The molecular formula is C18H34N8O6S. The Morgan fingerprint density at radius 3 is 1.94 bits per heavy atom. The molecule has 0 fully saturated rings. The van der Waals surface area contributed by atoms with Crippen molar-refractivity contribution in [3.63, 3.8) is 0 Å². The SMILES string of the molecule is CC(C)C(NC(=O)C(CCCN=C(N)N)NC(=O)C(CS)NC(=O)C(N)CC(N)=O)C(=O)O. The maximum Gasteiger partial charge on any atom is 0.326 e. The number of nitrogens with zero attached hydrogens (tertiary/aromatic N) is 1. The molecule has 0 aromatic carbocycles. The molecule has 0 aliphatic rings. The number of aliphatic carboxylic acids is 1. The summed E-state index contributed by atoms with van der Waals surface area (Å²) in [6, 6.07) is -4.78. The van der Waals surface area contributed by atoms with Crippen LogP contribution in [0.5, 0.6) is 0 Å². The molecule has 188 valence electrons. The van der Waals surface area contributed by atoms with Gasteiger partial charge in [-0.15, -0.1) is 0 Å². The number of carboxylic acids is 1. The second-order valence-electron chi connectivity index (χ2n) is 7.60. The Bertz CT molecular complexity index is 743. The number of carbonyl (C=O) groups excluding carboxylic acids is 4. The fraction of sp³-hybridized carbons (Fsp3) is 0.667. The van der Waals surface area contributed by atoms with E-state index in [2.05, 4.69) is 33.6 Å². The molecule has 0 rings (SSSR count). The Kier molecular flexibility index (Phi) is 13.5. The Hall–Kier alpha value is -3.07. The number of amides is 4. The van der Waals surface area contributed by atoms with Crippen molar-refractivity contribution in [1.29, 1.82) is 0 Å². The van der Waals surface area contributed by atoms with E-state index in [4.69, 9.17) is 22.9 Å². The summed E-state index contributed by atoms with van der Waals surface area (Å²) < 4.78 is 0. The number of nitrogens with two attached hydrogens (primary N) is 4. The number of guanidine groups is 1. The van der Waals surface area contributed by atoms with Gasteiger partial charge in [-0.2, -0.15) is 12.6 Å². The van der Waals surface area contributed by atoms with Crippen molar-refractivity contribution in [2.45, 2.75) is 57.3 Å². The lowest BCUT2D eigenvalue weighted by molar-refractivity contribution is -0.143. The highest BCUT2D eigenvalue weighted by molar-refractivity contribution is 7.80. The third-order valence-corrected chi connectivity index (χ3v) is 4.75. The maximum atomic E-state index is 12.7. The van der Waals surface area contributed by atoms with Crippen LogP contribution in [0.4, 0.5) is 0 Å². The Balaban J connectivity index is 5.39. The van der Waals surface area contributed by atoms with Gasteiger partial charge in [0.15, 0.2) is 5.96 Å². The zero-order valence-electron chi connectivity index (χ0n) is 18.6. The van der Waals surface area contributed by atoms with Crippen molar-refractivity contribution in [2.75, 3.05) is 12.3 Å². The predicted octanol–water partition coefficient (Wildman–Crippen LogP) is -3.63. The standard InChI is InChI=1S/C18H34N8O6S/c1-8(2)13(17(31)32)26-15(29)10(4-3-5-23-18(21)22)24-16(30)11(7-33)25-14(28)9(19)6-12(20)27/h8-11,13,33H,3-7,19H2,1-2H3,(H2,20,27)(H,24,30)(H,25,28)(H,26,29)(H,31,32)(H4,21,22,23). The highest BCUT2D eigenvalue weighted by atomic mass is 32.1. The summed E-state index contributed by atoms with van der Waals surface area (Å²) >= 11 is 4.03. The van der Waals surface area contributed by atoms with Crippen LogP contribution in [0.1, 0.15) is 33.1 Å². The van der Waals surface area contributed by atoms with Crippen LogP contribution in [0.2, 0.25) is 0 Å². The second kappa shape index (κ2) is 14.9. The van der Waals surface area contributed by atoms with Gasteiger partial charge in [0, 0.05) is 12.3 Å². The fourth-order valence-corrected chi connectivity index (χ4v) is 2.85. The molecule has 15 heteroatoms. The van der Waals surface area contributed by atoms with Gasteiger partial charge in [-0.25, -0.2) is 4.79 Å². The minimum atomic E-state index is -1.27. The quantitative estimate of drug-likeness (QED) is 0.0474.